The minimum absolute atomic E-state index is 0.00314. The van der Waals surface area contributed by atoms with Gasteiger partial charge in [0.2, 0.25) is 0 Å². The third-order valence-corrected chi connectivity index (χ3v) is 8.68. The van der Waals surface area contributed by atoms with Crippen molar-refractivity contribution in [1.29, 1.82) is 0 Å². The van der Waals surface area contributed by atoms with E-state index >= 15 is 0 Å². The Morgan fingerprint density at radius 2 is 1.89 bits per heavy atom. The third-order valence-electron chi connectivity index (χ3n) is 5.07. The van der Waals surface area contributed by atoms with Gasteiger partial charge in [0.05, 0.1) is 12.7 Å². The number of esters is 1. The van der Waals surface area contributed by atoms with Gasteiger partial charge < -0.3 is 4.74 Å². The largest absolute Gasteiger partial charge is 0.465 e. The lowest BCUT2D eigenvalue weighted by molar-refractivity contribution is -0.136. The molecule has 2 aliphatic rings. The molecule has 0 N–H and O–H groups in total. The summed E-state index contributed by atoms with van der Waals surface area (Å²) < 4.78 is 69.4. The summed E-state index contributed by atoms with van der Waals surface area (Å²) in [4.78, 5) is 14.9. The van der Waals surface area contributed by atoms with Gasteiger partial charge >= 0.3 is 12.1 Å². The number of ether oxygens (including phenoxy) is 1. The maximum absolute atomic E-state index is 13.0. The topological polar surface area (TPSA) is 66.9 Å². The van der Waals surface area contributed by atoms with Crippen LogP contribution >= 0.6 is 11.3 Å². The smallest absolute Gasteiger partial charge is 0.389 e. The van der Waals surface area contributed by atoms with Crippen molar-refractivity contribution < 1.29 is 31.1 Å². The fourth-order valence-electron chi connectivity index (χ4n) is 3.66. The van der Waals surface area contributed by atoms with Crippen LogP contribution in [-0.2, 0) is 27.7 Å². The lowest BCUT2D eigenvalue weighted by Gasteiger charge is -2.27. The number of hydrogen-bond acceptors (Lipinski definition) is 6. The van der Waals surface area contributed by atoms with E-state index in [0.29, 0.717) is 38.2 Å². The first kappa shape index (κ1) is 21.5. The second-order valence-electron chi connectivity index (χ2n) is 7.01. The summed E-state index contributed by atoms with van der Waals surface area (Å²) in [6, 6.07) is 0. The summed E-state index contributed by atoms with van der Waals surface area (Å²) >= 11 is 1.05. The minimum atomic E-state index is -4.18. The molecule has 0 amide bonds. The van der Waals surface area contributed by atoms with E-state index < -0.39 is 28.6 Å². The van der Waals surface area contributed by atoms with Gasteiger partial charge in [-0.3, -0.25) is 4.90 Å². The summed E-state index contributed by atoms with van der Waals surface area (Å²) in [5.41, 5.74) is 0.756. The Morgan fingerprint density at radius 1 is 1.21 bits per heavy atom. The van der Waals surface area contributed by atoms with Crippen LogP contribution in [0.15, 0.2) is 4.21 Å². The normalized spacial score (nSPS) is 19.0. The number of carbonyl (C=O) groups is 1. The van der Waals surface area contributed by atoms with Crippen LogP contribution in [0.5, 0.6) is 0 Å². The molecule has 3 rings (SSSR count). The predicted octanol–water partition coefficient (Wildman–Crippen LogP) is 3.02. The quantitative estimate of drug-likeness (QED) is 0.637. The number of carbonyl (C=O) groups excluding carboxylic acids is 1. The van der Waals surface area contributed by atoms with Gasteiger partial charge in [-0.1, -0.05) is 0 Å². The van der Waals surface area contributed by atoms with E-state index in [1.54, 1.807) is 0 Å². The molecule has 2 aliphatic heterocycles. The number of fused-ring (bicyclic) bond motifs is 1. The number of thiophene rings is 1. The summed E-state index contributed by atoms with van der Waals surface area (Å²) in [5.74, 6) is -0.680. The molecule has 0 aromatic carbocycles. The maximum Gasteiger partial charge on any atom is 0.389 e. The Hall–Kier alpha value is -1.17. The molecule has 1 aromatic rings. The first-order valence-corrected chi connectivity index (χ1v) is 11.4. The molecule has 28 heavy (non-hydrogen) atoms. The molecule has 0 spiro atoms. The highest BCUT2D eigenvalue weighted by atomic mass is 32.2. The zero-order chi connectivity index (χ0) is 20.5. The number of hydrogen-bond donors (Lipinski definition) is 0. The van der Waals surface area contributed by atoms with Crippen molar-refractivity contribution in [3.8, 4) is 0 Å². The van der Waals surface area contributed by atoms with Gasteiger partial charge in [0.15, 0.2) is 0 Å². The number of methoxy groups -OCH3 is 1. The van der Waals surface area contributed by atoms with Crippen molar-refractivity contribution in [2.75, 3.05) is 33.3 Å². The van der Waals surface area contributed by atoms with E-state index in [4.69, 9.17) is 4.74 Å². The highest BCUT2D eigenvalue weighted by molar-refractivity contribution is 7.91. The summed E-state index contributed by atoms with van der Waals surface area (Å²) in [6.45, 7) is 1.95. The van der Waals surface area contributed by atoms with Crippen LogP contribution in [-0.4, -0.2) is 63.1 Å². The standard InChI is InChI=1S/C17H23F3N2O4S2/c1-26-15(23)14-12-5-10-21(7-4-6-17(18,19)20)11-13(12)27-16(14)28(24,25)22-8-2-3-9-22/h2-11H2,1H3. The highest BCUT2D eigenvalue weighted by Crippen LogP contribution is 2.38. The number of rotatable bonds is 6. The fraction of sp³-hybridized carbons (Fsp3) is 0.706. The Kier molecular flexibility index (Phi) is 6.38. The minimum Gasteiger partial charge on any atom is -0.465 e. The van der Waals surface area contributed by atoms with Crippen LogP contribution in [0.4, 0.5) is 13.2 Å². The van der Waals surface area contributed by atoms with Crippen molar-refractivity contribution in [2.24, 2.45) is 0 Å². The highest BCUT2D eigenvalue weighted by Gasteiger charge is 2.38. The van der Waals surface area contributed by atoms with Crippen LogP contribution in [0.2, 0.25) is 0 Å². The number of nitrogens with zero attached hydrogens (tertiary/aromatic N) is 2. The Morgan fingerprint density at radius 3 is 2.50 bits per heavy atom. The molecule has 0 radical (unpaired) electrons. The van der Waals surface area contributed by atoms with E-state index in [9.17, 15) is 26.4 Å². The van der Waals surface area contributed by atoms with E-state index in [-0.39, 0.29) is 22.7 Å². The molecule has 0 unspecified atom stereocenters. The van der Waals surface area contributed by atoms with Crippen molar-refractivity contribution in [2.45, 2.75) is 49.0 Å². The molecule has 0 aliphatic carbocycles. The molecule has 0 atom stereocenters. The zero-order valence-corrected chi connectivity index (χ0v) is 17.2. The molecule has 3 heterocycles. The SMILES string of the molecule is COC(=O)c1c(S(=O)(=O)N2CCCC2)sc2c1CCN(CCCC(F)(F)F)C2. The Balaban J connectivity index is 1.85. The summed E-state index contributed by atoms with van der Waals surface area (Å²) in [6.07, 6.45) is -3.05. The van der Waals surface area contributed by atoms with E-state index in [1.807, 2.05) is 4.90 Å². The fourth-order valence-corrected chi connectivity index (χ4v) is 7.25. The van der Waals surface area contributed by atoms with Crippen molar-refractivity contribution >= 4 is 27.3 Å². The first-order chi connectivity index (χ1) is 13.1. The van der Waals surface area contributed by atoms with Crippen LogP contribution < -0.4 is 0 Å². The van der Waals surface area contributed by atoms with Gasteiger partial charge in [-0.15, -0.1) is 11.3 Å². The molecule has 1 aromatic heterocycles. The van der Waals surface area contributed by atoms with Crippen LogP contribution in [0.3, 0.4) is 0 Å². The molecule has 158 valence electrons. The van der Waals surface area contributed by atoms with E-state index in [0.717, 1.165) is 29.1 Å². The predicted molar refractivity (Wildman–Crippen MR) is 97.9 cm³/mol. The van der Waals surface area contributed by atoms with Gasteiger partial charge in [-0.05, 0) is 37.8 Å². The lowest BCUT2D eigenvalue weighted by Crippen LogP contribution is -2.32. The van der Waals surface area contributed by atoms with Crippen molar-refractivity contribution in [3.63, 3.8) is 0 Å². The number of halogens is 3. The molecular formula is C17H23F3N2O4S2. The van der Waals surface area contributed by atoms with Crippen LogP contribution in [0, 0.1) is 0 Å². The van der Waals surface area contributed by atoms with Crippen LogP contribution in [0.1, 0.15) is 46.5 Å². The molecular weight excluding hydrogens is 417 g/mol. The average Bonchev–Trinajstić information content (AvgIpc) is 3.28. The first-order valence-electron chi connectivity index (χ1n) is 9.15. The lowest BCUT2D eigenvalue weighted by atomic mass is 10.0. The summed E-state index contributed by atoms with van der Waals surface area (Å²) in [5, 5.41) is 0. The van der Waals surface area contributed by atoms with Crippen LogP contribution in [0.25, 0.3) is 0 Å². The molecule has 6 nitrogen and oxygen atoms in total. The van der Waals surface area contributed by atoms with Gasteiger partial charge in [-0.25, -0.2) is 13.2 Å². The number of alkyl halides is 3. The van der Waals surface area contributed by atoms with Crippen molar-refractivity contribution in [3.05, 3.63) is 16.0 Å². The summed E-state index contributed by atoms with van der Waals surface area (Å²) in [7, 11) is -2.58. The van der Waals surface area contributed by atoms with Gasteiger partial charge in [0.25, 0.3) is 10.0 Å². The van der Waals surface area contributed by atoms with Gasteiger partial charge in [0.1, 0.15) is 4.21 Å². The second kappa shape index (κ2) is 8.29. The Bertz CT molecular complexity index is 830. The average molecular weight is 441 g/mol. The maximum atomic E-state index is 13.0. The monoisotopic (exact) mass is 440 g/mol. The molecule has 11 heteroatoms. The van der Waals surface area contributed by atoms with E-state index in [2.05, 4.69) is 0 Å². The van der Waals surface area contributed by atoms with E-state index in [1.165, 1.54) is 11.4 Å². The zero-order valence-electron chi connectivity index (χ0n) is 15.5. The van der Waals surface area contributed by atoms with Gasteiger partial charge in [-0.2, -0.15) is 17.5 Å². The molecule has 0 saturated carbocycles. The molecule has 1 fully saturated rings. The molecule has 1 saturated heterocycles. The molecule has 0 bridgehead atoms. The van der Waals surface area contributed by atoms with Crippen molar-refractivity contribution in [1.82, 2.24) is 9.21 Å². The van der Waals surface area contributed by atoms with Gasteiger partial charge in [0, 0.05) is 37.5 Å². The second-order valence-corrected chi connectivity index (χ2v) is 10.3. The Labute approximate surface area is 166 Å². The third kappa shape index (κ3) is 4.52. The number of sulfonamides is 1.